The molecule has 6 nitrogen and oxygen atoms in total. The topological polar surface area (TPSA) is 79.8 Å². The molecule has 2 aromatic rings. The predicted molar refractivity (Wildman–Crippen MR) is 125 cm³/mol. The fourth-order valence-corrected chi connectivity index (χ4v) is 4.85. The Kier molecular flexibility index (Phi) is 7.96. The van der Waals surface area contributed by atoms with Crippen LogP contribution >= 0.6 is 0 Å². The van der Waals surface area contributed by atoms with Crippen molar-refractivity contribution in [1.82, 2.24) is 10.6 Å². The van der Waals surface area contributed by atoms with Gasteiger partial charge in [0.2, 0.25) is 0 Å². The van der Waals surface area contributed by atoms with Crippen molar-refractivity contribution in [2.45, 2.75) is 63.1 Å². The minimum atomic E-state index is -3.20. The van der Waals surface area contributed by atoms with Crippen molar-refractivity contribution >= 4 is 15.8 Å². The third kappa shape index (κ3) is 6.99. The molecule has 31 heavy (non-hydrogen) atoms. The molecule has 0 atom stereocenters. The summed E-state index contributed by atoms with van der Waals surface area (Å²) in [5.74, 6) is 1.62. The van der Waals surface area contributed by atoms with Gasteiger partial charge in [-0.3, -0.25) is 4.99 Å². The van der Waals surface area contributed by atoms with Crippen LogP contribution in [0, 0.1) is 6.92 Å². The number of ether oxygens (including phenoxy) is 1. The van der Waals surface area contributed by atoms with Crippen molar-refractivity contribution in [3.05, 3.63) is 59.2 Å². The van der Waals surface area contributed by atoms with Crippen molar-refractivity contribution in [1.29, 1.82) is 0 Å². The van der Waals surface area contributed by atoms with Crippen LogP contribution in [-0.4, -0.2) is 33.8 Å². The smallest absolute Gasteiger partial charge is 0.191 e. The summed E-state index contributed by atoms with van der Waals surface area (Å²) >= 11 is 0. The van der Waals surface area contributed by atoms with Crippen LogP contribution in [0.5, 0.6) is 5.75 Å². The molecule has 0 spiro atoms. The van der Waals surface area contributed by atoms with E-state index in [4.69, 9.17) is 4.74 Å². The first-order valence-electron chi connectivity index (χ1n) is 10.8. The molecule has 0 bridgehead atoms. The number of benzene rings is 2. The highest BCUT2D eigenvalue weighted by Crippen LogP contribution is 2.23. The van der Waals surface area contributed by atoms with Crippen LogP contribution in [-0.2, 0) is 22.9 Å². The minimum Gasteiger partial charge on any atom is -0.490 e. The highest BCUT2D eigenvalue weighted by Gasteiger charge is 2.14. The van der Waals surface area contributed by atoms with Gasteiger partial charge < -0.3 is 15.4 Å². The quantitative estimate of drug-likeness (QED) is 0.500. The van der Waals surface area contributed by atoms with Crippen molar-refractivity contribution in [2.24, 2.45) is 4.99 Å². The first-order chi connectivity index (χ1) is 14.8. The number of hydrogen-bond acceptors (Lipinski definition) is 4. The summed E-state index contributed by atoms with van der Waals surface area (Å²) < 4.78 is 29.6. The standard InChI is InChI=1S/C24H33N3O3S/c1-18-15-20(11-14-23(18)31(3,28)29)17-27-24(25-2)26-16-19-9-12-22(13-10-19)30-21-7-5-4-6-8-21/h9-15,21H,4-8,16-17H2,1-3H3,(H2,25,26,27). The predicted octanol–water partition coefficient (Wildman–Crippen LogP) is 3.98. The molecule has 0 radical (unpaired) electrons. The number of nitrogens with one attached hydrogen (secondary N) is 2. The summed E-state index contributed by atoms with van der Waals surface area (Å²) in [6, 6.07) is 13.6. The van der Waals surface area contributed by atoms with E-state index in [1.807, 2.05) is 31.2 Å². The maximum atomic E-state index is 11.8. The van der Waals surface area contributed by atoms with E-state index in [-0.39, 0.29) is 0 Å². The normalized spacial score (nSPS) is 15.5. The average molecular weight is 444 g/mol. The van der Waals surface area contributed by atoms with Gasteiger partial charge >= 0.3 is 0 Å². The molecule has 1 aliphatic rings. The SMILES string of the molecule is CN=C(NCc1ccc(OC2CCCCC2)cc1)NCc1ccc(S(C)(=O)=O)c(C)c1. The highest BCUT2D eigenvalue weighted by molar-refractivity contribution is 7.90. The summed E-state index contributed by atoms with van der Waals surface area (Å²) in [7, 11) is -1.47. The lowest BCUT2D eigenvalue weighted by atomic mass is 9.98. The largest absolute Gasteiger partial charge is 0.490 e. The molecule has 0 aliphatic heterocycles. The molecular formula is C24H33N3O3S. The van der Waals surface area contributed by atoms with Crippen molar-refractivity contribution in [3.8, 4) is 5.75 Å². The minimum absolute atomic E-state index is 0.357. The van der Waals surface area contributed by atoms with E-state index in [1.165, 1.54) is 25.5 Å². The Balaban J connectivity index is 1.48. The van der Waals surface area contributed by atoms with Crippen LogP contribution in [0.2, 0.25) is 0 Å². The molecule has 0 amide bonds. The molecule has 168 valence electrons. The molecule has 1 saturated carbocycles. The Morgan fingerprint density at radius 1 is 1.00 bits per heavy atom. The van der Waals surface area contributed by atoms with Crippen LogP contribution in [0.15, 0.2) is 52.4 Å². The van der Waals surface area contributed by atoms with E-state index in [1.54, 1.807) is 13.1 Å². The average Bonchev–Trinajstić information content (AvgIpc) is 2.75. The molecular weight excluding hydrogens is 410 g/mol. The molecule has 0 heterocycles. The van der Waals surface area contributed by atoms with Crippen molar-refractivity contribution < 1.29 is 13.2 Å². The molecule has 0 unspecified atom stereocenters. The van der Waals surface area contributed by atoms with Gasteiger partial charge in [-0.25, -0.2) is 8.42 Å². The number of nitrogens with zero attached hydrogens (tertiary/aromatic N) is 1. The summed E-state index contributed by atoms with van der Waals surface area (Å²) in [4.78, 5) is 4.64. The summed E-state index contributed by atoms with van der Waals surface area (Å²) in [6.07, 6.45) is 7.75. The molecule has 0 saturated heterocycles. The van der Waals surface area contributed by atoms with E-state index in [0.717, 1.165) is 35.3 Å². The lowest BCUT2D eigenvalue weighted by Crippen LogP contribution is -2.36. The number of hydrogen-bond donors (Lipinski definition) is 2. The zero-order valence-corrected chi connectivity index (χ0v) is 19.5. The Bertz CT molecular complexity index is 995. The molecule has 3 rings (SSSR count). The number of rotatable bonds is 7. The third-order valence-electron chi connectivity index (χ3n) is 5.56. The van der Waals surface area contributed by atoms with Gasteiger partial charge in [-0.1, -0.05) is 30.7 Å². The molecule has 7 heteroatoms. The fraction of sp³-hybridized carbons (Fsp3) is 0.458. The Hall–Kier alpha value is -2.54. The van der Waals surface area contributed by atoms with E-state index >= 15 is 0 Å². The fourth-order valence-electron chi connectivity index (χ4n) is 3.89. The Morgan fingerprint density at radius 3 is 2.19 bits per heavy atom. The molecule has 0 aromatic heterocycles. The van der Waals surface area contributed by atoms with Gasteiger partial charge in [0.15, 0.2) is 15.8 Å². The van der Waals surface area contributed by atoms with E-state index in [2.05, 4.69) is 27.8 Å². The van der Waals surface area contributed by atoms with Gasteiger partial charge in [-0.2, -0.15) is 0 Å². The molecule has 1 aliphatic carbocycles. The Morgan fingerprint density at radius 2 is 1.61 bits per heavy atom. The van der Waals surface area contributed by atoms with Gasteiger partial charge in [0, 0.05) is 26.4 Å². The molecule has 1 fully saturated rings. The van der Waals surface area contributed by atoms with Gasteiger partial charge in [0.25, 0.3) is 0 Å². The number of aliphatic imine (C=N–C) groups is 1. The van der Waals surface area contributed by atoms with Crippen LogP contribution < -0.4 is 15.4 Å². The zero-order valence-electron chi connectivity index (χ0n) is 18.6. The first kappa shape index (κ1) is 23.1. The maximum Gasteiger partial charge on any atom is 0.191 e. The van der Waals surface area contributed by atoms with Crippen LogP contribution in [0.3, 0.4) is 0 Å². The zero-order chi connectivity index (χ0) is 22.3. The van der Waals surface area contributed by atoms with Crippen molar-refractivity contribution in [2.75, 3.05) is 13.3 Å². The lowest BCUT2D eigenvalue weighted by Gasteiger charge is -2.23. The van der Waals surface area contributed by atoms with Gasteiger partial charge in [0.05, 0.1) is 11.0 Å². The second-order valence-corrected chi connectivity index (χ2v) is 10.2. The second-order valence-electron chi connectivity index (χ2n) is 8.17. The molecule has 2 N–H and O–H groups in total. The number of guanidine groups is 1. The lowest BCUT2D eigenvalue weighted by molar-refractivity contribution is 0.155. The van der Waals surface area contributed by atoms with Crippen molar-refractivity contribution in [3.63, 3.8) is 0 Å². The first-order valence-corrected chi connectivity index (χ1v) is 12.7. The van der Waals surface area contributed by atoms with Gasteiger partial charge in [0.1, 0.15) is 5.75 Å². The van der Waals surface area contributed by atoms with E-state index in [0.29, 0.717) is 30.0 Å². The number of sulfone groups is 1. The van der Waals surface area contributed by atoms with Crippen LogP contribution in [0.1, 0.15) is 48.8 Å². The highest BCUT2D eigenvalue weighted by atomic mass is 32.2. The summed E-state index contributed by atoms with van der Waals surface area (Å²) in [6.45, 7) is 3.02. The number of aryl methyl sites for hydroxylation is 1. The van der Waals surface area contributed by atoms with Crippen LogP contribution in [0.25, 0.3) is 0 Å². The summed E-state index contributed by atoms with van der Waals surface area (Å²) in [5.41, 5.74) is 2.89. The molecule has 2 aromatic carbocycles. The monoisotopic (exact) mass is 443 g/mol. The Labute approximate surface area is 186 Å². The van der Waals surface area contributed by atoms with Gasteiger partial charge in [-0.05, 0) is 67.5 Å². The van der Waals surface area contributed by atoms with E-state index in [9.17, 15) is 8.42 Å². The second kappa shape index (κ2) is 10.7. The van der Waals surface area contributed by atoms with E-state index < -0.39 is 9.84 Å². The van der Waals surface area contributed by atoms with Gasteiger partial charge in [-0.15, -0.1) is 0 Å². The maximum absolute atomic E-state index is 11.8. The van der Waals surface area contributed by atoms with Crippen LogP contribution in [0.4, 0.5) is 0 Å². The third-order valence-corrected chi connectivity index (χ3v) is 6.82. The summed E-state index contributed by atoms with van der Waals surface area (Å²) in [5, 5.41) is 6.58.